The van der Waals surface area contributed by atoms with E-state index in [0.29, 0.717) is 97.1 Å². The van der Waals surface area contributed by atoms with Gasteiger partial charge in [0.1, 0.15) is 55.9 Å². The number of aromatic nitrogens is 12. The van der Waals surface area contributed by atoms with E-state index in [1.807, 2.05) is 176 Å². The summed E-state index contributed by atoms with van der Waals surface area (Å²) in [4.78, 5) is 53.0. The second-order valence-corrected chi connectivity index (χ2v) is 28.6. The van der Waals surface area contributed by atoms with Gasteiger partial charge in [-0.15, -0.1) is 0 Å². The van der Waals surface area contributed by atoms with Crippen molar-refractivity contribution in [2.75, 3.05) is 0 Å². The fraction of sp³-hybridized carbons (Fsp3) is 0. The van der Waals surface area contributed by atoms with Gasteiger partial charge in [-0.05, 0) is 126 Å². The molecule has 0 radical (unpaired) electrons. The number of fused-ring (bicyclic) bond motifs is 18. The summed E-state index contributed by atoms with van der Waals surface area (Å²) in [6.07, 6.45) is 0. The molecular formula is C98H54N12O4. The van der Waals surface area contributed by atoms with Gasteiger partial charge in [0.15, 0.2) is 46.1 Å². The number of hydrogen-bond donors (Lipinski definition) is 0. The quantitative estimate of drug-likeness (QED) is 0.119. The van der Waals surface area contributed by atoms with E-state index < -0.39 is 0 Å². The molecule has 114 heavy (non-hydrogen) atoms. The monoisotopic (exact) mass is 1460 g/mol. The molecule has 0 aliphatic heterocycles. The maximum Gasteiger partial charge on any atom is 0.238 e. The van der Waals surface area contributed by atoms with Crippen LogP contribution in [0.3, 0.4) is 0 Å². The molecule has 24 rings (SSSR count). The highest BCUT2D eigenvalue weighted by Gasteiger charge is 2.27. The molecule has 0 atom stereocenters. The summed E-state index contributed by atoms with van der Waals surface area (Å²) < 4.78 is 30.9. The first-order chi connectivity index (χ1) is 56.4. The Bertz CT molecular complexity index is 8090. The molecule has 0 amide bonds. The smallest absolute Gasteiger partial charge is 0.238 e. The first-order valence-corrected chi connectivity index (χ1v) is 37.6. The van der Waals surface area contributed by atoms with Gasteiger partial charge in [-0.3, -0.25) is 9.13 Å². The fourth-order valence-electron chi connectivity index (χ4n) is 16.6. The number of hydrogen-bond acceptors (Lipinski definition) is 14. The van der Waals surface area contributed by atoms with Crippen molar-refractivity contribution in [1.29, 1.82) is 0 Å². The van der Waals surface area contributed by atoms with Crippen molar-refractivity contribution in [1.82, 2.24) is 59.0 Å². The van der Waals surface area contributed by atoms with E-state index in [1.54, 1.807) is 0 Å². The average Bonchev–Trinajstić information content (AvgIpc) is 1.54. The summed E-state index contributed by atoms with van der Waals surface area (Å²) in [5.74, 6) is 4.14. The molecule has 0 spiro atoms. The molecule has 24 aromatic rings. The molecular weight excluding hydrogens is 1410 g/mol. The molecule has 0 bridgehead atoms. The first-order valence-electron chi connectivity index (χ1n) is 37.6. The minimum absolute atomic E-state index is 0.470. The number of rotatable bonds is 11. The topological polar surface area (TPSA) is 191 Å². The van der Waals surface area contributed by atoms with E-state index in [9.17, 15) is 0 Å². The average molecular weight is 1460 g/mol. The van der Waals surface area contributed by atoms with Gasteiger partial charge in [-0.1, -0.05) is 212 Å². The molecule has 10 heterocycles. The van der Waals surface area contributed by atoms with E-state index in [-0.39, 0.29) is 0 Å². The third-order valence-electron chi connectivity index (χ3n) is 21.9. The molecule has 0 saturated carbocycles. The molecule has 16 heteroatoms. The van der Waals surface area contributed by atoms with Crippen molar-refractivity contribution in [3.63, 3.8) is 0 Å². The third-order valence-corrected chi connectivity index (χ3v) is 21.9. The maximum atomic E-state index is 6.82. The van der Waals surface area contributed by atoms with Gasteiger partial charge < -0.3 is 17.7 Å². The van der Waals surface area contributed by atoms with Crippen molar-refractivity contribution in [2.45, 2.75) is 0 Å². The van der Waals surface area contributed by atoms with E-state index in [1.165, 1.54) is 0 Å². The van der Waals surface area contributed by atoms with Gasteiger partial charge in [-0.2, -0.15) is 19.9 Å². The van der Waals surface area contributed by atoms with Crippen LogP contribution in [-0.4, -0.2) is 59.0 Å². The number of nitrogens with zero attached hydrogens (tertiary/aromatic N) is 12. The highest BCUT2D eigenvalue weighted by Crippen LogP contribution is 2.45. The van der Waals surface area contributed by atoms with Crippen molar-refractivity contribution >= 4 is 132 Å². The van der Waals surface area contributed by atoms with E-state index in [0.717, 1.165) is 148 Å². The van der Waals surface area contributed by atoms with Crippen LogP contribution in [0.2, 0.25) is 0 Å². The van der Waals surface area contributed by atoms with Gasteiger partial charge in [0.2, 0.25) is 11.9 Å². The van der Waals surface area contributed by atoms with E-state index in [2.05, 4.69) is 161 Å². The summed E-state index contributed by atoms with van der Waals surface area (Å²) in [6, 6.07) is 111. The highest BCUT2D eigenvalue weighted by atomic mass is 16.3. The van der Waals surface area contributed by atoms with Crippen LogP contribution >= 0.6 is 0 Å². The minimum Gasteiger partial charge on any atom is -0.456 e. The second-order valence-electron chi connectivity index (χ2n) is 28.6. The minimum atomic E-state index is 0.470. The normalized spacial score (nSPS) is 12.0. The lowest BCUT2D eigenvalue weighted by Crippen LogP contribution is -2.06. The zero-order valence-corrected chi connectivity index (χ0v) is 60.2. The first kappa shape index (κ1) is 63.0. The summed E-state index contributed by atoms with van der Waals surface area (Å²) in [5, 5.41) is 9.61. The Labute approximate surface area is 645 Å². The van der Waals surface area contributed by atoms with Gasteiger partial charge in [-0.25, -0.2) is 29.9 Å². The third kappa shape index (κ3) is 9.97. The zero-order valence-electron chi connectivity index (χ0n) is 60.2. The molecule has 0 N–H and O–H groups in total. The molecule has 0 aliphatic carbocycles. The van der Waals surface area contributed by atoms with Crippen LogP contribution in [0.25, 0.3) is 245 Å². The molecule has 16 nitrogen and oxygen atoms in total. The van der Waals surface area contributed by atoms with Crippen LogP contribution in [0.4, 0.5) is 0 Å². The SMILES string of the molecule is c1ccc(-c2nc(-c3ccc4oc5cccc(-c6nc(-c7cccc(-c8ccc9c(c8)c8ccccc8n9-c8nc(-c9ccccc9)nc(-c9ccc%10oc%11cc(-c%12nc(-c%13ccccc%13)c%13oc%14ccccc%14c%13n%12)ccc%11c%10c9)n8)c7)c7oc8ccccc8c7n6)c5c4c3)nc(-n3c4ccccc4c4ccccc43)n2)cc1. The fourth-order valence-corrected chi connectivity index (χ4v) is 16.6. The Balaban J connectivity index is 0.608. The van der Waals surface area contributed by atoms with Crippen molar-refractivity contribution in [3.8, 4) is 114 Å². The Morgan fingerprint density at radius 2 is 0.588 bits per heavy atom. The standard InChI is InChI=1S/C98H54N12O4/c1-4-22-55(23-5-1)85-89-87(68-33-13-18-39-78(68)113-89)101-93(99-85)63-42-46-67-72-52-61(44-48-80(72)112-83(67)54-63)94-103-91(56-24-6-2-7-25-56)106-98(107-94)110-76-38-17-12-32-66(76)71-51-59(43-47-77(71)110)58-28-20-29-60(50-58)86-90-88(69-34-14-19-40-79(69)114-90)102-96(100-86)70-35-21-41-82-84(70)73-53-62(45-49-81(73)111-82)95-104-92(57-26-8-3-9-27-57)105-97(108-95)109-74-36-15-10-30-64(74)65-31-11-16-37-75(65)109/h1-54H. The van der Waals surface area contributed by atoms with Crippen LogP contribution in [0.15, 0.2) is 345 Å². The highest BCUT2D eigenvalue weighted by molar-refractivity contribution is 6.16. The summed E-state index contributed by atoms with van der Waals surface area (Å²) in [5.41, 5.74) is 20.8. The molecule has 14 aromatic carbocycles. The van der Waals surface area contributed by atoms with Crippen LogP contribution in [0, 0.1) is 0 Å². The molecule has 10 aromatic heterocycles. The summed E-state index contributed by atoms with van der Waals surface area (Å²) >= 11 is 0. The van der Waals surface area contributed by atoms with E-state index >= 15 is 0 Å². The van der Waals surface area contributed by atoms with Crippen LogP contribution in [-0.2, 0) is 0 Å². The predicted molar refractivity (Wildman–Crippen MR) is 451 cm³/mol. The molecule has 0 fully saturated rings. The Kier molecular flexibility index (Phi) is 13.7. The lowest BCUT2D eigenvalue weighted by atomic mass is 9.99. The maximum absolute atomic E-state index is 6.82. The largest absolute Gasteiger partial charge is 0.456 e. The lowest BCUT2D eigenvalue weighted by molar-refractivity contribution is 0.667. The Hall–Kier alpha value is -15.9. The number of para-hydroxylation sites is 5. The van der Waals surface area contributed by atoms with Gasteiger partial charge >= 0.3 is 0 Å². The summed E-state index contributed by atoms with van der Waals surface area (Å²) in [7, 11) is 0. The second kappa shape index (κ2) is 24.8. The van der Waals surface area contributed by atoms with Crippen LogP contribution in [0.1, 0.15) is 0 Å². The molecule has 0 aliphatic rings. The van der Waals surface area contributed by atoms with E-state index in [4.69, 9.17) is 67.5 Å². The summed E-state index contributed by atoms with van der Waals surface area (Å²) in [6.45, 7) is 0. The zero-order chi connectivity index (χ0) is 74.6. The number of furan rings is 4. The predicted octanol–water partition coefficient (Wildman–Crippen LogP) is 24.4. The van der Waals surface area contributed by atoms with Crippen molar-refractivity contribution < 1.29 is 17.7 Å². The Morgan fingerprint density at radius 3 is 1.20 bits per heavy atom. The van der Waals surface area contributed by atoms with Gasteiger partial charge in [0.25, 0.3) is 0 Å². The molecule has 530 valence electrons. The lowest BCUT2D eigenvalue weighted by Gasteiger charge is -2.11. The Morgan fingerprint density at radius 1 is 0.193 bits per heavy atom. The van der Waals surface area contributed by atoms with Gasteiger partial charge in [0, 0.05) is 98.4 Å². The molecule has 0 unspecified atom stereocenters. The molecule has 0 saturated heterocycles. The van der Waals surface area contributed by atoms with Crippen LogP contribution in [0.5, 0.6) is 0 Å². The van der Waals surface area contributed by atoms with Crippen LogP contribution < -0.4 is 0 Å². The van der Waals surface area contributed by atoms with Crippen molar-refractivity contribution in [2.24, 2.45) is 0 Å². The van der Waals surface area contributed by atoms with Gasteiger partial charge in [0.05, 0.1) is 22.1 Å². The number of benzene rings is 14. The van der Waals surface area contributed by atoms with Crippen molar-refractivity contribution in [3.05, 3.63) is 328 Å².